The van der Waals surface area contributed by atoms with Crippen molar-refractivity contribution in [1.82, 2.24) is 9.55 Å². The van der Waals surface area contributed by atoms with Gasteiger partial charge in [-0.25, -0.2) is 4.79 Å². The molecule has 0 amide bonds. The molecule has 1 aliphatic heterocycles. The molecule has 8 heteroatoms. The molecular weight excluding hydrogens is 328 g/mol. The topological polar surface area (TPSA) is 125 Å². The van der Waals surface area contributed by atoms with Crippen molar-refractivity contribution in [3.05, 3.63) is 32.6 Å². The molecule has 1 aromatic rings. The quantitative estimate of drug-likeness (QED) is 0.548. The van der Waals surface area contributed by atoms with Crippen molar-refractivity contribution < 1.29 is 20.1 Å². The second kappa shape index (κ2) is 7.82. The first-order chi connectivity index (χ1) is 12.0. The smallest absolute Gasteiger partial charge is 0.328 e. The van der Waals surface area contributed by atoms with E-state index in [9.17, 15) is 24.9 Å². The van der Waals surface area contributed by atoms with Crippen LogP contribution >= 0.6 is 0 Å². The molecule has 2 fully saturated rings. The lowest BCUT2D eigenvalue weighted by atomic mass is 10.00. The first kappa shape index (κ1) is 18.3. The van der Waals surface area contributed by atoms with Crippen LogP contribution in [-0.4, -0.2) is 49.8 Å². The maximum atomic E-state index is 12.2. The van der Waals surface area contributed by atoms with E-state index in [1.807, 2.05) is 0 Å². The van der Waals surface area contributed by atoms with E-state index in [1.54, 1.807) is 0 Å². The Balaban J connectivity index is 1.85. The molecule has 8 nitrogen and oxygen atoms in total. The first-order valence-electron chi connectivity index (χ1n) is 8.97. The molecule has 4 atom stereocenters. The number of aliphatic hydroxyl groups excluding tert-OH is 3. The number of H-pyrrole nitrogens is 1. The van der Waals surface area contributed by atoms with Gasteiger partial charge < -0.3 is 20.1 Å². The first-order valence-corrected chi connectivity index (χ1v) is 8.97. The number of nitrogens with zero attached hydrogens (tertiary/aromatic N) is 1. The van der Waals surface area contributed by atoms with Crippen molar-refractivity contribution in [2.24, 2.45) is 5.92 Å². The third-order valence-electron chi connectivity index (χ3n) is 5.32. The van der Waals surface area contributed by atoms with E-state index in [0.717, 1.165) is 25.7 Å². The largest absolute Gasteiger partial charge is 0.394 e. The van der Waals surface area contributed by atoms with Gasteiger partial charge in [0.2, 0.25) is 0 Å². The molecule has 1 saturated carbocycles. The van der Waals surface area contributed by atoms with Crippen LogP contribution in [0.2, 0.25) is 0 Å². The highest BCUT2D eigenvalue weighted by molar-refractivity contribution is 5.14. The average molecular weight is 354 g/mol. The number of aliphatic hydroxyl groups is 3. The van der Waals surface area contributed by atoms with E-state index in [4.69, 9.17) is 4.74 Å². The molecule has 0 bridgehead atoms. The Hall–Kier alpha value is -1.48. The summed E-state index contributed by atoms with van der Waals surface area (Å²) in [6.45, 7) is 0.0474. The van der Waals surface area contributed by atoms with Gasteiger partial charge in [-0.2, -0.15) is 0 Å². The zero-order valence-electron chi connectivity index (χ0n) is 14.1. The molecule has 2 aliphatic rings. The summed E-state index contributed by atoms with van der Waals surface area (Å²) in [4.78, 5) is 26.6. The van der Waals surface area contributed by atoms with Crippen LogP contribution in [0.15, 0.2) is 15.8 Å². The maximum absolute atomic E-state index is 12.2. The van der Waals surface area contributed by atoms with Crippen LogP contribution in [0.5, 0.6) is 0 Å². The van der Waals surface area contributed by atoms with Gasteiger partial charge in [-0.05, 0) is 18.8 Å². The molecule has 2 heterocycles. The van der Waals surface area contributed by atoms with Crippen LogP contribution < -0.4 is 11.2 Å². The zero-order chi connectivity index (χ0) is 18.0. The number of hydrogen-bond acceptors (Lipinski definition) is 6. The molecule has 1 saturated heterocycles. The number of rotatable bonds is 4. The van der Waals surface area contributed by atoms with Crippen LogP contribution in [0.25, 0.3) is 0 Å². The highest BCUT2D eigenvalue weighted by Gasteiger charge is 2.44. The molecule has 4 N–H and O–H groups in total. The Kier molecular flexibility index (Phi) is 5.73. The Bertz CT molecular complexity index is 691. The second-order valence-electron chi connectivity index (χ2n) is 7.11. The van der Waals surface area contributed by atoms with Gasteiger partial charge in [0.05, 0.1) is 12.2 Å². The molecule has 25 heavy (non-hydrogen) atoms. The number of aromatic nitrogens is 2. The van der Waals surface area contributed by atoms with E-state index in [-0.39, 0.29) is 5.56 Å². The van der Waals surface area contributed by atoms with Crippen LogP contribution in [0.3, 0.4) is 0 Å². The Morgan fingerprint density at radius 3 is 2.40 bits per heavy atom. The lowest BCUT2D eigenvalue weighted by molar-refractivity contribution is -0.0233. The molecule has 0 radical (unpaired) electrons. The third kappa shape index (κ3) is 3.87. The van der Waals surface area contributed by atoms with Gasteiger partial charge in [-0.3, -0.25) is 14.3 Å². The van der Waals surface area contributed by atoms with Gasteiger partial charge in [0.25, 0.3) is 5.56 Å². The molecule has 0 unspecified atom stereocenters. The van der Waals surface area contributed by atoms with Crippen molar-refractivity contribution in [2.75, 3.05) is 6.61 Å². The predicted molar refractivity (Wildman–Crippen MR) is 89.2 cm³/mol. The van der Waals surface area contributed by atoms with E-state index in [0.29, 0.717) is 12.5 Å². The van der Waals surface area contributed by atoms with Crippen molar-refractivity contribution in [1.29, 1.82) is 0 Å². The lowest BCUT2D eigenvalue weighted by Gasteiger charge is -2.18. The summed E-state index contributed by atoms with van der Waals surface area (Å²) in [5.74, 6) is 0.379. The fraction of sp³-hybridized carbons (Fsp3) is 0.765. The molecule has 1 aliphatic carbocycles. The van der Waals surface area contributed by atoms with Gasteiger partial charge in [-0.15, -0.1) is 0 Å². The van der Waals surface area contributed by atoms with E-state index in [1.165, 1.54) is 23.6 Å². The minimum atomic E-state index is -1.33. The summed E-state index contributed by atoms with van der Waals surface area (Å²) < 4.78 is 6.88. The maximum Gasteiger partial charge on any atom is 0.328 e. The Morgan fingerprint density at radius 2 is 1.80 bits per heavy atom. The van der Waals surface area contributed by atoms with Crippen LogP contribution in [0.4, 0.5) is 0 Å². The molecule has 140 valence electrons. The fourth-order valence-electron chi connectivity index (χ4n) is 3.85. The average Bonchev–Trinajstić information content (AvgIpc) is 2.77. The summed E-state index contributed by atoms with van der Waals surface area (Å²) in [5, 5.41) is 29.2. The normalized spacial score (nSPS) is 31.2. The van der Waals surface area contributed by atoms with E-state index < -0.39 is 42.3 Å². The minimum Gasteiger partial charge on any atom is -0.394 e. The highest BCUT2D eigenvalue weighted by Crippen LogP contribution is 2.31. The van der Waals surface area contributed by atoms with Gasteiger partial charge in [-0.1, -0.05) is 25.7 Å². The van der Waals surface area contributed by atoms with Gasteiger partial charge in [0.15, 0.2) is 0 Å². The zero-order valence-corrected chi connectivity index (χ0v) is 14.1. The predicted octanol–water partition coefficient (Wildman–Crippen LogP) is -0.339. The summed E-state index contributed by atoms with van der Waals surface area (Å²) in [7, 11) is 0. The lowest BCUT2D eigenvalue weighted by Crippen LogP contribution is -2.36. The van der Waals surface area contributed by atoms with Gasteiger partial charge in [0, 0.05) is 12.7 Å². The SMILES string of the molecule is O=c1[nH]c(=O)n(CC2CCCCCC2)cc1[C@@H]1O[C@H](CO)[C@@H](O)[C@H]1O. The highest BCUT2D eigenvalue weighted by atomic mass is 16.6. The van der Waals surface area contributed by atoms with E-state index in [2.05, 4.69) is 4.98 Å². The molecular formula is C17H26N2O6. The van der Waals surface area contributed by atoms with Gasteiger partial charge in [0.1, 0.15) is 24.4 Å². The third-order valence-corrected chi connectivity index (χ3v) is 5.32. The molecule has 3 rings (SSSR count). The summed E-state index contributed by atoms with van der Waals surface area (Å²) in [5.41, 5.74) is -1.03. The summed E-state index contributed by atoms with van der Waals surface area (Å²) in [6.07, 6.45) is 3.60. The number of aromatic amines is 1. The molecule has 0 aromatic carbocycles. The summed E-state index contributed by atoms with van der Waals surface area (Å²) in [6, 6.07) is 0. The molecule has 1 aromatic heterocycles. The second-order valence-corrected chi connectivity index (χ2v) is 7.11. The number of hydrogen-bond donors (Lipinski definition) is 4. The van der Waals surface area contributed by atoms with Crippen LogP contribution in [0, 0.1) is 5.92 Å². The van der Waals surface area contributed by atoms with Crippen LogP contribution in [-0.2, 0) is 11.3 Å². The van der Waals surface area contributed by atoms with E-state index >= 15 is 0 Å². The van der Waals surface area contributed by atoms with Crippen molar-refractivity contribution in [3.63, 3.8) is 0 Å². The Labute approximate surface area is 145 Å². The fourth-order valence-corrected chi connectivity index (χ4v) is 3.85. The van der Waals surface area contributed by atoms with Crippen LogP contribution in [0.1, 0.15) is 50.2 Å². The van der Waals surface area contributed by atoms with Crippen molar-refractivity contribution in [3.8, 4) is 0 Å². The summed E-state index contributed by atoms with van der Waals surface area (Å²) >= 11 is 0. The Morgan fingerprint density at radius 1 is 1.12 bits per heavy atom. The minimum absolute atomic E-state index is 0.0933. The van der Waals surface area contributed by atoms with Crippen molar-refractivity contribution >= 4 is 0 Å². The number of nitrogens with one attached hydrogen (secondary N) is 1. The number of ether oxygens (including phenoxy) is 1. The van der Waals surface area contributed by atoms with Crippen molar-refractivity contribution in [2.45, 2.75) is 69.5 Å². The van der Waals surface area contributed by atoms with Gasteiger partial charge >= 0.3 is 5.69 Å². The molecule has 0 spiro atoms. The monoisotopic (exact) mass is 354 g/mol. The standard InChI is InChI=1S/C17H26N2O6/c20-9-12-13(21)14(22)15(25-12)11-8-19(17(24)18-16(11)23)7-10-5-3-1-2-4-6-10/h8,10,12-15,20-22H,1-7,9H2,(H,18,23,24)/t12-,13-,14-,15+/m1/s1.